The zero-order valence-electron chi connectivity index (χ0n) is 2.63. The molecular formula is HfO4Si. The summed E-state index contributed by atoms with van der Waals surface area (Å²) in [4.78, 5) is 34.3. The number of rotatable bonds is 0. The van der Waals surface area contributed by atoms with E-state index in [9.17, 15) is 0 Å². The maximum absolute atomic E-state index is 8.58. The van der Waals surface area contributed by atoms with Gasteiger partial charge in [-0.3, -0.25) is 0 Å². The molecule has 32 valence electrons. The van der Waals surface area contributed by atoms with Crippen molar-refractivity contribution >= 4 is 9.05 Å². The Morgan fingerprint density at radius 1 is 0.833 bits per heavy atom. The maximum Gasteiger partial charge on any atom is 4.00 e. The average Bonchev–Trinajstić information content (AvgIpc) is 0.722. The van der Waals surface area contributed by atoms with Gasteiger partial charge in [0.05, 0.1) is 0 Å². The molecule has 0 radical (unpaired) electrons. The van der Waals surface area contributed by atoms with Crippen LogP contribution in [0.15, 0.2) is 0 Å². The van der Waals surface area contributed by atoms with Gasteiger partial charge in [-0.1, -0.05) is 0 Å². The number of hydrogen-bond acceptors (Lipinski definition) is 4. The van der Waals surface area contributed by atoms with Crippen LogP contribution in [0, 0.1) is 0 Å². The Hall–Kier alpha value is 0.927. The van der Waals surface area contributed by atoms with Crippen molar-refractivity contribution in [2.45, 2.75) is 0 Å². The van der Waals surface area contributed by atoms with Crippen LogP contribution in [0.5, 0.6) is 0 Å². The summed E-state index contributed by atoms with van der Waals surface area (Å²) >= 11 is 0. The quantitative estimate of drug-likeness (QED) is 0.412. The van der Waals surface area contributed by atoms with Crippen molar-refractivity contribution in [3.63, 3.8) is 0 Å². The normalized spacial score (nSPS) is 10.0. The monoisotopic (exact) mass is 272 g/mol. The molecule has 0 aromatic carbocycles. The predicted molar refractivity (Wildman–Crippen MR) is 5.75 cm³/mol. The van der Waals surface area contributed by atoms with Crippen LogP contribution >= 0.6 is 0 Å². The zero-order valence-corrected chi connectivity index (χ0v) is 7.23. The summed E-state index contributed by atoms with van der Waals surface area (Å²) in [6.07, 6.45) is 0. The fraction of sp³-hybridized carbons (Fsp3) is 0. The number of hydrogen-bond donors (Lipinski definition) is 0. The van der Waals surface area contributed by atoms with Crippen molar-refractivity contribution in [3.8, 4) is 0 Å². The molecule has 0 atom stereocenters. The molecule has 6 heavy (non-hydrogen) atoms. The van der Waals surface area contributed by atoms with Crippen LogP contribution in [-0.4, -0.2) is 9.05 Å². The third-order valence-corrected chi connectivity index (χ3v) is 0. The van der Waals surface area contributed by atoms with Crippen molar-refractivity contribution in [2.24, 2.45) is 0 Å². The summed E-state index contributed by atoms with van der Waals surface area (Å²) in [5, 5.41) is 0. The fourth-order valence-corrected chi connectivity index (χ4v) is 0. The Bertz CT molecular complexity index is 23.0. The van der Waals surface area contributed by atoms with E-state index in [4.69, 9.17) is 19.2 Å². The molecule has 0 saturated carbocycles. The maximum atomic E-state index is 8.58. The van der Waals surface area contributed by atoms with E-state index in [1.165, 1.54) is 0 Å². The minimum absolute atomic E-state index is 0. The van der Waals surface area contributed by atoms with Crippen LogP contribution in [0.2, 0.25) is 0 Å². The first kappa shape index (κ1) is 10.0. The van der Waals surface area contributed by atoms with Gasteiger partial charge in [0.25, 0.3) is 0 Å². The SMILES string of the molecule is [Hf+4].[O-][Si]([O-])([O-])[O-]. The molecular weight excluding hydrogens is 271 g/mol. The fourth-order valence-electron chi connectivity index (χ4n) is 0. The van der Waals surface area contributed by atoms with Gasteiger partial charge in [0.2, 0.25) is 0 Å². The summed E-state index contributed by atoms with van der Waals surface area (Å²) in [6.45, 7) is 0. The molecule has 0 aliphatic carbocycles. The van der Waals surface area contributed by atoms with E-state index in [-0.39, 0.29) is 25.8 Å². The predicted octanol–water partition coefficient (Wildman–Crippen LogP) is -5.14. The van der Waals surface area contributed by atoms with Crippen LogP contribution in [0.1, 0.15) is 0 Å². The van der Waals surface area contributed by atoms with E-state index < -0.39 is 9.05 Å². The minimum Gasteiger partial charge on any atom is -0.894 e. The molecule has 0 aliphatic rings. The standard InChI is InChI=1S/Hf.O4Si/c;1-5(2,3)4/q+4;-4. The van der Waals surface area contributed by atoms with E-state index in [2.05, 4.69) is 0 Å². The first-order chi connectivity index (χ1) is 2.00. The van der Waals surface area contributed by atoms with Gasteiger partial charge < -0.3 is 28.2 Å². The molecule has 0 bridgehead atoms. The second-order valence-electron chi connectivity index (χ2n) is 0.500. The van der Waals surface area contributed by atoms with Gasteiger partial charge in [-0.2, -0.15) is 0 Å². The molecule has 0 spiro atoms. The largest absolute Gasteiger partial charge is 4.00 e. The van der Waals surface area contributed by atoms with Crippen molar-refractivity contribution in [1.82, 2.24) is 0 Å². The van der Waals surface area contributed by atoms with E-state index in [1.54, 1.807) is 0 Å². The van der Waals surface area contributed by atoms with E-state index in [1.807, 2.05) is 0 Å². The van der Waals surface area contributed by atoms with Crippen LogP contribution in [0.4, 0.5) is 0 Å². The van der Waals surface area contributed by atoms with Crippen molar-refractivity contribution in [2.75, 3.05) is 0 Å². The molecule has 0 N–H and O–H groups in total. The van der Waals surface area contributed by atoms with Crippen molar-refractivity contribution in [1.29, 1.82) is 0 Å². The first-order valence-corrected chi connectivity index (χ1v) is 2.45. The van der Waals surface area contributed by atoms with E-state index in [0.29, 0.717) is 0 Å². The molecule has 4 nitrogen and oxygen atoms in total. The van der Waals surface area contributed by atoms with Crippen LogP contribution < -0.4 is 19.2 Å². The second-order valence-corrected chi connectivity index (χ2v) is 1.50. The van der Waals surface area contributed by atoms with E-state index >= 15 is 0 Å². The molecule has 0 rings (SSSR count). The summed E-state index contributed by atoms with van der Waals surface area (Å²) < 4.78 is 0. The van der Waals surface area contributed by atoms with Gasteiger partial charge in [0, 0.05) is 0 Å². The second kappa shape index (κ2) is 3.00. The van der Waals surface area contributed by atoms with Crippen LogP contribution in [-0.2, 0) is 25.8 Å². The molecule has 0 unspecified atom stereocenters. The van der Waals surface area contributed by atoms with Crippen molar-refractivity contribution < 1.29 is 45.0 Å². The Morgan fingerprint density at radius 2 is 0.833 bits per heavy atom. The zero-order chi connectivity index (χ0) is 4.50. The topological polar surface area (TPSA) is 92.2 Å². The first-order valence-electron chi connectivity index (χ1n) is 0.816. The van der Waals surface area contributed by atoms with Gasteiger partial charge in [-0.05, 0) is 0 Å². The molecule has 6 heteroatoms. The Balaban J connectivity index is 0. The average molecular weight is 271 g/mol. The van der Waals surface area contributed by atoms with Crippen LogP contribution in [0.25, 0.3) is 0 Å². The van der Waals surface area contributed by atoms with E-state index in [0.717, 1.165) is 0 Å². The summed E-state index contributed by atoms with van der Waals surface area (Å²) in [7, 11) is -5.61. The van der Waals surface area contributed by atoms with Crippen molar-refractivity contribution in [3.05, 3.63) is 0 Å². The van der Waals surface area contributed by atoms with Gasteiger partial charge >= 0.3 is 25.8 Å². The van der Waals surface area contributed by atoms with Crippen LogP contribution in [0.3, 0.4) is 0 Å². The minimum atomic E-state index is -5.61. The Morgan fingerprint density at radius 3 is 0.833 bits per heavy atom. The summed E-state index contributed by atoms with van der Waals surface area (Å²) in [5.41, 5.74) is 0. The molecule has 0 aromatic heterocycles. The summed E-state index contributed by atoms with van der Waals surface area (Å²) in [6, 6.07) is 0. The Labute approximate surface area is 54.3 Å². The molecule has 0 fully saturated rings. The molecule has 0 aromatic rings. The summed E-state index contributed by atoms with van der Waals surface area (Å²) in [5.74, 6) is 0. The van der Waals surface area contributed by atoms with Gasteiger partial charge in [0.15, 0.2) is 0 Å². The van der Waals surface area contributed by atoms with Gasteiger partial charge in [-0.15, -0.1) is 0 Å². The smallest absolute Gasteiger partial charge is 0.894 e. The molecule has 0 aliphatic heterocycles. The third-order valence-electron chi connectivity index (χ3n) is 0. The van der Waals surface area contributed by atoms with Gasteiger partial charge in [0.1, 0.15) is 0 Å². The van der Waals surface area contributed by atoms with Gasteiger partial charge in [-0.25, -0.2) is 0 Å². The molecule has 0 amide bonds. The molecule has 0 saturated heterocycles. The Kier molecular flexibility index (Phi) is 5.01. The third kappa shape index (κ3) is 88.4. The molecule has 0 heterocycles.